The van der Waals surface area contributed by atoms with Gasteiger partial charge in [0.1, 0.15) is 11.1 Å². The molecule has 0 N–H and O–H groups in total. The molecule has 0 radical (unpaired) electrons. The predicted molar refractivity (Wildman–Crippen MR) is 132 cm³/mol. The van der Waals surface area contributed by atoms with E-state index in [9.17, 15) is 14.4 Å². The third-order valence-corrected chi connectivity index (χ3v) is 5.65. The van der Waals surface area contributed by atoms with Gasteiger partial charge in [0.2, 0.25) is 0 Å². The van der Waals surface area contributed by atoms with Crippen molar-refractivity contribution in [3.8, 4) is 11.5 Å². The summed E-state index contributed by atoms with van der Waals surface area (Å²) in [7, 11) is 6.60. The van der Waals surface area contributed by atoms with Crippen LogP contribution in [0.4, 0.5) is 0 Å². The molecule has 2 rings (SSSR count). The molecule has 0 saturated carbocycles. The normalized spacial score (nSPS) is 10.3. The summed E-state index contributed by atoms with van der Waals surface area (Å²) in [5.41, 5.74) is 1.90. The third kappa shape index (κ3) is 6.68. The number of halogens is 2. The average molecular weight is 525 g/mol. The largest absolute Gasteiger partial charge is 0.494 e. The highest BCUT2D eigenvalue weighted by molar-refractivity contribution is 6.33. The van der Waals surface area contributed by atoms with Gasteiger partial charge >= 0.3 is 17.9 Å². The van der Waals surface area contributed by atoms with Gasteiger partial charge < -0.3 is 23.7 Å². The number of ether oxygens (including phenoxy) is 5. The van der Waals surface area contributed by atoms with E-state index >= 15 is 0 Å². The van der Waals surface area contributed by atoms with Crippen molar-refractivity contribution in [2.45, 2.75) is 19.3 Å². The smallest absolute Gasteiger partial charge is 0.341 e. The van der Waals surface area contributed by atoms with Crippen LogP contribution in [0.5, 0.6) is 11.5 Å². The quantitative estimate of drug-likeness (QED) is 0.232. The van der Waals surface area contributed by atoms with Crippen LogP contribution in [0.15, 0.2) is 30.3 Å². The lowest BCUT2D eigenvalue weighted by molar-refractivity contribution is -0.140. The molecule has 0 aliphatic carbocycles. The monoisotopic (exact) mass is 524 g/mol. The SMILES string of the molecule is COC(=O)CCCC=C(c1cc(Cl)c(OC)c(C(=O)OC)c1)c1cc(Cl)c(OC)c(C(=O)OC)c1. The van der Waals surface area contributed by atoms with E-state index in [1.54, 1.807) is 24.3 Å². The molecule has 0 bridgehead atoms. The highest BCUT2D eigenvalue weighted by Gasteiger charge is 2.22. The molecule has 0 fully saturated rings. The Hall–Kier alpha value is -3.23. The number of allylic oxidation sites excluding steroid dienone is 1. The van der Waals surface area contributed by atoms with E-state index in [1.807, 2.05) is 6.08 Å². The number of rotatable bonds is 10. The lowest BCUT2D eigenvalue weighted by Crippen LogP contribution is -2.07. The van der Waals surface area contributed by atoms with Gasteiger partial charge in [0.25, 0.3) is 0 Å². The van der Waals surface area contributed by atoms with Crippen LogP contribution < -0.4 is 9.47 Å². The molecule has 0 aromatic heterocycles. The van der Waals surface area contributed by atoms with E-state index in [4.69, 9.17) is 46.9 Å². The lowest BCUT2D eigenvalue weighted by atomic mass is 9.93. The molecule has 10 heteroatoms. The average Bonchev–Trinajstić information content (AvgIpc) is 2.86. The second-order valence-electron chi connectivity index (χ2n) is 7.15. The van der Waals surface area contributed by atoms with Crippen molar-refractivity contribution >= 4 is 46.7 Å². The summed E-state index contributed by atoms with van der Waals surface area (Å²) in [5, 5.41) is 0.359. The minimum atomic E-state index is -0.640. The molecule has 188 valence electrons. The summed E-state index contributed by atoms with van der Waals surface area (Å²) in [6.45, 7) is 0. The predicted octanol–water partition coefficient (Wildman–Crippen LogP) is 5.36. The Morgan fingerprint density at radius 1 is 0.743 bits per heavy atom. The minimum absolute atomic E-state index is 0.116. The van der Waals surface area contributed by atoms with Gasteiger partial charge in [-0.05, 0) is 53.8 Å². The molecule has 0 unspecified atom stereocenters. The zero-order valence-electron chi connectivity index (χ0n) is 20.0. The first kappa shape index (κ1) is 28.0. The van der Waals surface area contributed by atoms with E-state index in [0.29, 0.717) is 29.5 Å². The molecule has 0 saturated heterocycles. The second kappa shape index (κ2) is 13.0. The number of benzene rings is 2. The van der Waals surface area contributed by atoms with Crippen LogP contribution in [0, 0.1) is 0 Å². The number of hydrogen-bond acceptors (Lipinski definition) is 8. The number of esters is 3. The Labute approximate surface area is 213 Å². The molecule has 35 heavy (non-hydrogen) atoms. The van der Waals surface area contributed by atoms with Crippen molar-refractivity contribution in [3.63, 3.8) is 0 Å². The number of carbonyl (C=O) groups excluding carboxylic acids is 3. The molecule has 0 spiro atoms. The fourth-order valence-corrected chi connectivity index (χ4v) is 4.03. The summed E-state index contributed by atoms with van der Waals surface area (Å²) < 4.78 is 25.0. The summed E-state index contributed by atoms with van der Waals surface area (Å²) in [6, 6.07) is 6.38. The summed E-state index contributed by atoms with van der Waals surface area (Å²) in [6.07, 6.45) is 3.03. The highest BCUT2D eigenvalue weighted by Crippen LogP contribution is 2.39. The van der Waals surface area contributed by atoms with Gasteiger partial charge in [-0.2, -0.15) is 0 Å². The number of methoxy groups -OCH3 is 5. The standard InChI is InChI=1S/C25H26Cl2O8/c1-31-21(28)9-7-6-8-16(14-10-17(24(29)34-4)22(32-2)19(26)12-14)15-11-18(25(30)35-5)23(33-3)20(27)13-15/h8,10-13H,6-7,9H2,1-5H3. The van der Waals surface area contributed by atoms with Gasteiger partial charge in [-0.1, -0.05) is 29.3 Å². The van der Waals surface area contributed by atoms with E-state index in [-0.39, 0.29) is 45.1 Å². The van der Waals surface area contributed by atoms with Gasteiger partial charge in [0.15, 0.2) is 11.5 Å². The molecule has 0 atom stereocenters. The number of hydrogen-bond donors (Lipinski definition) is 0. The number of carbonyl (C=O) groups is 3. The van der Waals surface area contributed by atoms with Crippen molar-refractivity contribution in [1.29, 1.82) is 0 Å². The molecular weight excluding hydrogens is 499 g/mol. The third-order valence-electron chi connectivity index (χ3n) is 5.09. The number of unbranched alkanes of at least 4 members (excludes halogenated alkanes) is 1. The van der Waals surface area contributed by atoms with Crippen molar-refractivity contribution < 1.29 is 38.1 Å². The first-order chi connectivity index (χ1) is 16.7. The summed E-state index contributed by atoms with van der Waals surface area (Å²) in [5.74, 6) is -1.29. The van der Waals surface area contributed by atoms with Gasteiger partial charge in [-0.15, -0.1) is 0 Å². The van der Waals surface area contributed by atoms with Gasteiger partial charge in [-0.3, -0.25) is 4.79 Å². The molecule has 0 aliphatic heterocycles. The molecule has 0 amide bonds. The fourth-order valence-electron chi connectivity index (χ4n) is 3.43. The minimum Gasteiger partial charge on any atom is -0.494 e. The lowest BCUT2D eigenvalue weighted by Gasteiger charge is -2.17. The van der Waals surface area contributed by atoms with Crippen molar-refractivity contribution in [3.05, 3.63) is 62.6 Å². The Balaban J connectivity index is 2.73. The Kier molecular flexibility index (Phi) is 10.4. The van der Waals surface area contributed by atoms with Crippen LogP contribution in [0.3, 0.4) is 0 Å². The van der Waals surface area contributed by atoms with E-state index in [0.717, 1.165) is 0 Å². The Morgan fingerprint density at radius 3 is 1.57 bits per heavy atom. The molecule has 2 aromatic rings. The summed E-state index contributed by atoms with van der Waals surface area (Å²) >= 11 is 12.9. The zero-order valence-corrected chi connectivity index (χ0v) is 21.5. The van der Waals surface area contributed by atoms with Crippen molar-refractivity contribution in [2.24, 2.45) is 0 Å². The van der Waals surface area contributed by atoms with Gasteiger partial charge in [0, 0.05) is 6.42 Å². The second-order valence-corrected chi connectivity index (χ2v) is 7.96. The van der Waals surface area contributed by atoms with Crippen molar-refractivity contribution in [2.75, 3.05) is 35.5 Å². The van der Waals surface area contributed by atoms with Gasteiger partial charge in [-0.25, -0.2) is 9.59 Å². The first-order valence-corrected chi connectivity index (χ1v) is 11.2. The zero-order chi connectivity index (χ0) is 26.1. The molecule has 0 heterocycles. The maximum Gasteiger partial charge on any atom is 0.341 e. The van der Waals surface area contributed by atoms with Crippen LogP contribution in [-0.2, 0) is 19.0 Å². The Bertz CT molecular complexity index is 1070. The van der Waals surface area contributed by atoms with Crippen LogP contribution in [0.25, 0.3) is 5.57 Å². The molecule has 2 aromatic carbocycles. The first-order valence-electron chi connectivity index (χ1n) is 10.4. The summed E-state index contributed by atoms with van der Waals surface area (Å²) in [4.78, 5) is 36.4. The van der Waals surface area contributed by atoms with Crippen LogP contribution in [0.1, 0.15) is 51.1 Å². The molecular formula is C25H26Cl2O8. The van der Waals surface area contributed by atoms with Crippen LogP contribution in [0.2, 0.25) is 10.0 Å². The highest BCUT2D eigenvalue weighted by atomic mass is 35.5. The maximum absolute atomic E-state index is 12.4. The van der Waals surface area contributed by atoms with E-state index in [2.05, 4.69) is 0 Å². The topological polar surface area (TPSA) is 97.4 Å². The van der Waals surface area contributed by atoms with E-state index in [1.165, 1.54) is 35.5 Å². The Morgan fingerprint density at radius 2 is 1.20 bits per heavy atom. The van der Waals surface area contributed by atoms with E-state index < -0.39 is 11.9 Å². The van der Waals surface area contributed by atoms with Crippen molar-refractivity contribution in [1.82, 2.24) is 0 Å². The van der Waals surface area contributed by atoms with Crippen LogP contribution >= 0.6 is 23.2 Å². The van der Waals surface area contributed by atoms with Gasteiger partial charge in [0.05, 0.1) is 45.6 Å². The molecule has 8 nitrogen and oxygen atoms in total. The fraction of sp³-hybridized carbons (Fsp3) is 0.320. The van der Waals surface area contributed by atoms with Crippen LogP contribution in [-0.4, -0.2) is 53.5 Å². The molecule has 0 aliphatic rings. The maximum atomic E-state index is 12.4.